The Bertz CT molecular complexity index is 1100. The molecule has 0 aliphatic carbocycles. The summed E-state index contributed by atoms with van der Waals surface area (Å²) in [7, 11) is 0. The van der Waals surface area contributed by atoms with Gasteiger partial charge in [0.25, 0.3) is 11.8 Å². The van der Waals surface area contributed by atoms with Gasteiger partial charge in [0.15, 0.2) is 6.61 Å². The molecule has 4 rings (SSSR count). The summed E-state index contributed by atoms with van der Waals surface area (Å²) in [5.74, 6) is -0.0490. The van der Waals surface area contributed by atoms with Crippen LogP contribution in [0.25, 0.3) is 0 Å². The number of ether oxygens (including phenoxy) is 1. The zero-order valence-corrected chi connectivity index (χ0v) is 17.0. The standard InChI is InChI=1S/C23H20ClN3O3/c1-14(15-5-3-2-4-6-15)25-19-10-8-17(12-18(19)24)26-23(29)16-7-9-20-21(11-16)30-13-22(28)27-20/h2-12,14,25H,13H2,1H3,(H,26,29)(H,27,28). The lowest BCUT2D eigenvalue weighted by Crippen LogP contribution is -2.25. The van der Waals surface area contributed by atoms with E-state index in [1.807, 2.05) is 36.4 Å². The molecule has 0 fully saturated rings. The van der Waals surface area contributed by atoms with E-state index in [1.165, 1.54) is 0 Å². The molecule has 1 aliphatic rings. The van der Waals surface area contributed by atoms with E-state index in [9.17, 15) is 9.59 Å². The van der Waals surface area contributed by atoms with Gasteiger partial charge in [-0.15, -0.1) is 0 Å². The van der Waals surface area contributed by atoms with Gasteiger partial charge < -0.3 is 20.7 Å². The molecule has 1 heterocycles. The van der Waals surface area contributed by atoms with E-state index in [0.29, 0.717) is 27.7 Å². The number of benzene rings is 3. The molecule has 3 aromatic rings. The lowest BCUT2D eigenvalue weighted by atomic mass is 10.1. The van der Waals surface area contributed by atoms with Crippen molar-refractivity contribution >= 4 is 40.5 Å². The van der Waals surface area contributed by atoms with Crippen LogP contribution in [0, 0.1) is 0 Å². The summed E-state index contributed by atoms with van der Waals surface area (Å²) in [4.78, 5) is 24.0. The molecule has 3 N–H and O–H groups in total. The van der Waals surface area contributed by atoms with Crippen LogP contribution in [-0.4, -0.2) is 18.4 Å². The topological polar surface area (TPSA) is 79.5 Å². The fourth-order valence-corrected chi connectivity index (χ4v) is 3.42. The number of amides is 2. The Morgan fingerprint density at radius 1 is 1.10 bits per heavy atom. The van der Waals surface area contributed by atoms with Gasteiger partial charge in [-0.3, -0.25) is 9.59 Å². The Balaban J connectivity index is 1.44. The minimum atomic E-state index is -0.298. The molecule has 1 atom stereocenters. The fraction of sp³-hybridized carbons (Fsp3) is 0.130. The molecule has 0 saturated heterocycles. The van der Waals surface area contributed by atoms with Gasteiger partial charge in [0.05, 0.1) is 16.4 Å². The van der Waals surface area contributed by atoms with Crippen molar-refractivity contribution in [1.29, 1.82) is 0 Å². The molecular weight excluding hydrogens is 402 g/mol. The molecule has 2 amide bonds. The first kappa shape index (κ1) is 19.8. The van der Waals surface area contributed by atoms with Crippen molar-refractivity contribution in [2.24, 2.45) is 0 Å². The number of carbonyl (C=O) groups is 2. The second-order valence-electron chi connectivity index (χ2n) is 6.97. The van der Waals surface area contributed by atoms with Gasteiger partial charge in [-0.25, -0.2) is 0 Å². The molecule has 3 aromatic carbocycles. The maximum Gasteiger partial charge on any atom is 0.262 e. The molecule has 6 nitrogen and oxygen atoms in total. The van der Waals surface area contributed by atoms with Gasteiger partial charge in [0, 0.05) is 17.3 Å². The highest BCUT2D eigenvalue weighted by atomic mass is 35.5. The van der Waals surface area contributed by atoms with Crippen LogP contribution in [0.4, 0.5) is 17.1 Å². The van der Waals surface area contributed by atoms with Crippen molar-refractivity contribution in [3.05, 3.63) is 82.9 Å². The molecular formula is C23H20ClN3O3. The number of hydrogen-bond donors (Lipinski definition) is 3. The summed E-state index contributed by atoms with van der Waals surface area (Å²) < 4.78 is 5.36. The number of fused-ring (bicyclic) bond motifs is 1. The molecule has 0 aromatic heterocycles. The van der Waals surface area contributed by atoms with Gasteiger partial charge in [0.2, 0.25) is 0 Å². The average molecular weight is 422 g/mol. The van der Waals surface area contributed by atoms with E-state index in [0.717, 1.165) is 11.3 Å². The zero-order valence-electron chi connectivity index (χ0n) is 16.2. The van der Waals surface area contributed by atoms with Gasteiger partial charge >= 0.3 is 0 Å². The van der Waals surface area contributed by atoms with Crippen LogP contribution in [0.3, 0.4) is 0 Å². The summed E-state index contributed by atoms with van der Waals surface area (Å²) in [5.41, 5.74) is 3.48. The van der Waals surface area contributed by atoms with E-state index >= 15 is 0 Å². The van der Waals surface area contributed by atoms with Crippen molar-refractivity contribution < 1.29 is 14.3 Å². The van der Waals surface area contributed by atoms with Crippen LogP contribution in [0.2, 0.25) is 5.02 Å². The predicted octanol–water partition coefficient (Wildman–Crippen LogP) is 5.10. The molecule has 0 spiro atoms. The largest absolute Gasteiger partial charge is 0.482 e. The van der Waals surface area contributed by atoms with Crippen LogP contribution in [0.15, 0.2) is 66.7 Å². The third-order valence-electron chi connectivity index (χ3n) is 4.78. The highest BCUT2D eigenvalue weighted by Gasteiger charge is 2.18. The van der Waals surface area contributed by atoms with Gasteiger partial charge in [-0.1, -0.05) is 41.9 Å². The van der Waals surface area contributed by atoms with E-state index in [4.69, 9.17) is 16.3 Å². The zero-order chi connectivity index (χ0) is 21.1. The summed E-state index contributed by atoms with van der Waals surface area (Å²) in [6.07, 6.45) is 0. The van der Waals surface area contributed by atoms with Crippen LogP contribution in [0.1, 0.15) is 28.9 Å². The minimum absolute atomic E-state index is 0.0659. The highest BCUT2D eigenvalue weighted by molar-refractivity contribution is 6.33. The number of rotatable bonds is 5. The van der Waals surface area contributed by atoms with Crippen molar-refractivity contribution in [2.75, 3.05) is 22.6 Å². The number of nitrogens with one attached hydrogen (secondary N) is 3. The van der Waals surface area contributed by atoms with Crippen molar-refractivity contribution in [3.8, 4) is 5.75 Å². The Hall–Kier alpha value is -3.51. The number of carbonyl (C=O) groups excluding carboxylic acids is 2. The summed E-state index contributed by atoms with van der Waals surface area (Å²) in [6.45, 7) is 1.99. The summed E-state index contributed by atoms with van der Waals surface area (Å²) >= 11 is 6.42. The molecule has 1 unspecified atom stereocenters. The minimum Gasteiger partial charge on any atom is -0.482 e. The lowest BCUT2D eigenvalue weighted by Gasteiger charge is -2.19. The van der Waals surface area contributed by atoms with Gasteiger partial charge in [-0.05, 0) is 48.9 Å². The summed E-state index contributed by atoms with van der Waals surface area (Å²) in [5, 5.41) is 9.42. The third-order valence-corrected chi connectivity index (χ3v) is 5.09. The van der Waals surface area contributed by atoms with Crippen molar-refractivity contribution in [3.63, 3.8) is 0 Å². The highest BCUT2D eigenvalue weighted by Crippen LogP contribution is 2.31. The molecule has 0 radical (unpaired) electrons. The maximum atomic E-state index is 12.6. The molecule has 7 heteroatoms. The molecule has 0 saturated carbocycles. The number of anilines is 3. The monoisotopic (exact) mass is 421 g/mol. The van der Waals surface area contributed by atoms with E-state index in [2.05, 4.69) is 22.9 Å². The first-order chi connectivity index (χ1) is 14.5. The SMILES string of the molecule is CC(Nc1ccc(NC(=O)c2ccc3c(c2)OCC(=O)N3)cc1Cl)c1ccccc1. The number of halogens is 1. The first-order valence-corrected chi connectivity index (χ1v) is 9.86. The number of hydrogen-bond acceptors (Lipinski definition) is 4. The third kappa shape index (κ3) is 4.39. The van der Waals surface area contributed by atoms with Crippen LogP contribution >= 0.6 is 11.6 Å². The first-order valence-electron chi connectivity index (χ1n) is 9.49. The van der Waals surface area contributed by atoms with E-state index in [1.54, 1.807) is 30.3 Å². The smallest absolute Gasteiger partial charge is 0.262 e. The quantitative estimate of drug-likeness (QED) is 0.535. The van der Waals surface area contributed by atoms with Crippen LogP contribution < -0.4 is 20.7 Å². The Morgan fingerprint density at radius 3 is 2.67 bits per heavy atom. The van der Waals surface area contributed by atoms with Crippen molar-refractivity contribution in [2.45, 2.75) is 13.0 Å². The molecule has 30 heavy (non-hydrogen) atoms. The predicted molar refractivity (Wildman–Crippen MR) is 118 cm³/mol. The normalized spacial score (nSPS) is 13.5. The molecule has 0 bridgehead atoms. The maximum absolute atomic E-state index is 12.6. The second-order valence-corrected chi connectivity index (χ2v) is 7.38. The van der Waals surface area contributed by atoms with Gasteiger partial charge in [-0.2, -0.15) is 0 Å². The molecule has 1 aliphatic heterocycles. The van der Waals surface area contributed by atoms with Crippen LogP contribution in [-0.2, 0) is 4.79 Å². The Labute approximate surface area is 179 Å². The Morgan fingerprint density at radius 2 is 1.90 bits per heavy atom. The van der Waals surface area contributed by atoms with Gasteiger partial charge in [0.1, 0.15) is 5.75 Å². The fourth-order valence-electron chi connectivity index (χ4n) is 3.19. The lowest BCUT2D eigenvalue weighted by molar-refractivity contribution is -0.118. The molecule has 152 valence electrons. The van der Waals surface area contributed by atoms with E-state index in [-0.39, 0.29) is 24.5 Å². The second kappa shape index (κ2) is 8.47. The van der Waals surface area contributed by atoms with Crippen LogP contribution in [0.5, 0.6) is 5.75 Å². The van der Waals surface area contributed by atoms with E-state index < -0.39 is 0 Å². The summed E-state index contributed by atoms with van der Waals surface area (Å²) in [6, 6.07) is 20.3. The Kier molecular flexibility index (Phi) is 5.59. The average Bonchev–Trinajstić information content (AvgIpc) is 2.75. The van der Waals surface area contributed by atoms with Crippen molar-refractivity contribution in [1.82, 2.24) is 0 Å².